The largest absolute Gasteiger partial charge is 0.391 e. The van der Waals surface area contributed by atoms with Gasteiger partial charge in [-0.3, -0.25) is 4.98 Å². The third kappa shape index (κ3) is 3.98. The molecule has 0 bridgehead atoms. The number of pyridine rings is 1. The van der Waals surface area contributed by atoms with E-state index in [4.69, 9.17) is 0 Å². The average Bonchev–Trinajstić information content (AvgIpc) is 2.76. The summed E-state index contributed by atoms with van der Waals surface area (Å²) in [6.07, 6.45) is -4.26. The molecule has 9 heteroatoms. The molecule has 0 spiro atoms. The second kappa shape index (κ2) is 5.31. The highest BCUT2D eigenvalue weighted by Gasteiger charge is 2.31. The van der Waals surface area contributed by atoms with Gasteiger partial charge in [0.15, 0.2) is 0 Å². The van der Waals surface area contributed by atoms with Gasteiger partial charge in [0.25, 0.3) is 0 Å². The maximum Gasteiger partial charge on any atom is 0.391 e. The fourth-order valence-electron chi connectivity index (χ4n) is 1.45. The summed E-state index contributed by atoms with van der Waals surface area (Å²) in [6.45, 7) is -0.368. The van der Waals surface area contributed by atoms with Crippen LogP contribution in [0.2, 0.25) is 0 Å². The lowest BCUT2D eigenvalue weighted by molar-refractivity contribution is -0.155. The summed E-state index contributed by atoms with van der Waals surface area (Å²) in [5.74, 6) is 0.243. The number of nitrogens with zero attached hydrogens (tertiary/aromatic N) is 5. The Labute approximate surface area is 105 Å². The van der Waals surface area contributed by atoms with Crippen molar-refractivity contribution in [3.8, 4) is 11.4 Å². The molecule has 2 rings (SSSR count). The van der Waals surface area contributed by atoms with E-state index in [0.29, 0.717) is 5.56 Å². The summed E-state index contributed by atoms with van der Waals surface area (Å²) in [6, 6.07) is 3.37. The molecule has 102 valence electrons. The first kappa shape index (κ1) is 13.4. The lowest BCUT2D eigenvalue weighted by Gasteiger charge is -2.11. The number of aromatic nitrogens is 5. The predicted molar refractivity (Wildman–Crippen MR) is 57.7 cm³/mol. The molecule has 0 unspecified atom stereocenters. The Kier molecular flexibility index (Phi) is 3.74. The maximum absolute atomic E-state index is 12.0. The number of rotatable bonds is 4. The predicted octanol–water partition coefficient (Wildman–Crippen LogP) is 1.05. The molecule has 0 aromatic carbocycles. The van der Waals surface area contributed by atoms with Crippen LogP contribution in [0, 0.1) is 0 Å². The third-order valence-corrected chi connectivity index (χ3v) is 2.21. The summed E-state index contributed by atoms with van der Waals surface area (Å²) in [4.78, 5) is 4.79. The lowest BCUT2D eigenvalue weighted by Crippen LogP contribution is -2.25. The van der Waals surface area contributed by atoms with Gasteiger partial charge in [0, 0.05) is 18.0 Å². The van der Waals surface area contributed by atoms with Gasteiger partial charge >= 0.3 is 6.18 Å². The fraction of sp³-hybridized carbons (Fsp3) is 0.400. The molecule has 2 heterocycles. The third-order valence-electron chi connectivity index (χ3n) is 2.21. The fourth-order valence-corrected chi connectivity index (χ4v) is 1.45. The van der Waals surface area contributed by atoms with Crippen LogP contribution in [0.5, 0.6) is 0 Å². The van der Waals surface area contributed by atoms with Crippen LogP contribution in [-0.4, -0.2) is 42.6 Å². The molecule has 2 aromatic heterocycles. The standard InChI is InChI=1S/C10H10F3N5O/c11-10(12,13)4-8(19)6-18-16-9(15-17-18)7-2-1-3-14-5-7/h1-3,5,8,19H,4,6H2/t8-/m1/s1. The van der Waals surface area contributed by atoms with Crippen molar-refractivity contribution in [2.45, 2.75) is 25.2 Å². The Bertz CT molecular complexity index is 527. The second-order valence-corrected chi connectivity index (χ2v) is 3.88. The first-order chi connectivity index (χ1) is 8.94. The zero-order valence-electron chi connectivity index (χ0n) is 9.62. The van der Waals surface area contributed by atoms with E-state index in [-0.39, 0.29) is 12.4 Å². The van der Waals surface area contributed by atoms with Gasteiger partial charge in [0.2, 0.25) is 5.82 Å². The van der Waals surface area contributed by atoms with Gasteiger partial charge in [-0.05, 0) is 17.3 Å². The molecule has 1 N–H and O–H groups in total. The van der Waals surface area contributed by atoms with E-state index in [9.17, 15) is 18.3 Å². The Morgan fingerprint density at radius 2 is 2.16 bits per heavy atom. The van der Waals surface area contributed by atoms with Crippen molar-refractivity contribution >= 4 is 0 Å². The number of halogens is 3. The number of alkyl halides is 3. The summed E-state index contributed by atoms with van der Waals surface area (Å²) in [7, 11) is 0. The topological polar surface area (TPSA) is 76.7 Å². The van der Waals surface area contributed by atoms with Crippen LogP contribution in [0.25, 0.3) is 11.4 Å². The molecular formula is C10H10F3N5O. The Hall–Kier alpha value is -2.03. The molecule has 19 heavy (non-hydrogen) atoms. The van der Waals surface area contributed by atoms with Gasteiger partial charge in [0.1, 0.15) is 0 Å². The number of tetrazole rings is 1. The van der Waals surface area contributed by atoms with Crippen molar-refractivity contribution in [2.24, 2.45) is 0 Å². The van der Waals surface area contributed by atoms with Crippen LogP contribution in [-0.2, 0) is 6.54 Å². The van der Waals surface area contributed by atoms with Crippen molar-refractivity contribution in [3.05, 3.63) is 24.5 Å². The quantitative estimate of drug-likeness (QED) is 0.901. The van der Waals surface area contributed by atoms with E-state index < -0.39 is 18.7 Å². The maximum atomic E-state index is 12.0. The first-order valence-corrected chi connectivity index (χ1v) is 5.37. The summed E-state index contributed by atoms with van der Waals surface area (Å²) < 4.78 is 36.1. The Balaban J connectivity index is 2.02. The lowest BCUT2D eigenvalue weighted by atomic mass is 10.2. The number of aliphatic hydroxyl groups excluding tert-OH is 1. The van der Waals surface area contributed by atoms with E-state index in [1.165, 1.54) is 6.20 Å². The molecule has 0 saturated carbocycles. The van der Waals surface area contributed by atoms with Crippen LogP contribution in [0.1, 0.15) is 6.42 Å². The van der Waals surface area contributed by atoms with Crippen LogP contribution in [0.4, 0.5) is 13.2 Å². The van der Waals surface area contributed by atoms with Crippen LogP contribution in [0.15, 0.2) is 24.5 Å². The summed E-state index contributed by atoms with van der Waals surface area (Å²) in [5.41, 5.74) is 0.596. The molecule has 0 aliphatic heterocycles. The van der Waals surface area contributed by atoms with Crippen molar-refractivity contribution in [1.82, 2.24) is 25.2 Å². The van der Waals surface area contributed by atoms with Crippen molar-refractivity contribution in [1.29, 1.82) is 0 Å². The van der Waals surface area contributed by atoms with Gasteiger partial charge in [-0.15, -0.1) is 10.2 Å². The molecule has 0 saturated heterocycles. The van der Waals surface area contributed by atoms with Gasteiger partial charge in [-0.2, -0.15) is 18.0 Å². The SMILES string of the molecule is O[C@@H](Cn1nnc(-c2cccnc2)n1)CC(F)(F)F. The van der Waals surface area contributed by atoms with E-state index in [2.05, 4.69) is 20.4 Å². The first-order valence-electron chi connectivity index (χ1n) is 5.37. The zero-order valence-corrected chi connectivity index (χ0v) is 9.62. The van der Waals surface area contributed by atoms with Crippen molar-refractivity contribution < 1.29 is 18.3 Å². The summed E-state index contributed by atoms with van der Waals surface area (Å²) in [5, 5.41) is 20.4. The van der Waals surface area contributed by atoms with Crippen LogP contribution >= 0.6 is 0 Å². The van der Waals surface area contributed by atoms with Crippen molar-refractivity contribution in [2.75, 3.05) is 0 Å². The molecule has 1 atom stereocenters. The molecular weight excluding hydrogens is 263 g/mol. The van der Waals surface area contributed by atoms with E-state index in [1.807, 2.05) is 0 Å². The average molecular weight is 273 g/mol. The highest BCUT2D eigenvalue weighted by atomic mass is 19.4. The van der Waals surface area contributed by atoms with E-state index in [0.717, 1.165) is 4.80 Å². The highest BCUT2D eigenvalue weighted by Crippen LogP contribution is 2.22. The minimum Gasteiger partial charge on any atom is -0.391 e. The molecule has 0 aliphatic carbocycles. The molecule has 0 amide bonds. The normalized spacial score (nSPS) is 13.5. The Morgan fingerprint density at radius 1 is 1.37 bits per heavy atom. The van der Waals surface area contributed by atoms with Gasteiger partial charge in [0.05, 0.1) is 19.1 Å². The zero-order chi connectivity index (χ0) is 13.9. The van der Waals surface area contributed by atoms with Crippen LogP contribution in [0.3, 0.4) is 0 Å². The minimum atomic E-state index is -4.42. The number of hydrogen-bond acceptors (Lipinski definition) is 5. The number of aliphatic hydroxyl groups is 1. The number of hydrogen-bond donors (Lipinski definition) is 1. The molecule has 2 aromatic rings. The second-order valence-electron chi connectivity index (χ2n) is 3.88. The molecule has 6 nitrogen and oxygen atoms in total. The minimum absolute atomic E-state index is 0.243. The molecule has 0 fully saturated rings. The Morgan fingerprint density at radius 3 is 2.79 bits per heavy atom. The molecule has 0 radical (unpaired) electrons. The van der Waals surface area contributed by atoms with Gasteiger partial charge in [-0.1, -0.05) is 0 Å². The van der Waals surface area contributed by atoms with E-state index >= 15 is 0 Å². The van der Waals surface area contributed by atoms with Crippen molar-refractivity contribution in [3.63, 3.8) is 0 Å². The highest BCUT2D eigenvalue weighted by molar-refractivity contribution is 5.51. The monoisotopic (exact) mass is 273 g/mol. The summed E-state index contributed by atoms with van der Waals surface area (Å²) >= 11 is 0. The van der Waals surface area contributed by atoms with E-state index in [1.54, 1.807) is 18.3 Å². The van der Waals surface area contributed by atoms with Gasteiger partial charge in [-0.25, -0.2) is 0 Å². The molecule has 0 aliphatic rings. The van der Waals surface area contributed by atoms with Crippen LogP contribution < -0.4 is 0 Å². The van der Waals surface area contributed by atoms with Gasteiger partial charge < -0.3 is 5.11 Å². The smallest absolute Gasteiger partial charge is 0.391 e.